The number of aromatic nitrogens is 4. The molecule has 0 aliphatic carbocycles. The Morgan fingerprint density at radius 1 is 1.11 bits per heavy atom. The molecule has 0 radical (unpaired) electrons. The Hall–Kier alpha value is -3.08. The van der Waals surface area contributed by atoms with Crippen molar-refractivity contribution in [2.75, 3.05) is 0 Å². The second-order valence-corrected chi connectivity index (χ2v) is 6.21. The summed E-state index contributed by atoms with van der Waals surface area (Å²) in [6.07, 6.45) is -4.75. The minimum atomic E-state index is -4.75. The number of rotatable bonds is 6. The van der Waals surface area contributed by atoms with Crippen LogP contribution in [0.15, 0.2) is 53.7 Å². The third kappa shape index (κ3) is 4.97. The minimum Gasteiger partial charge on any atom is -0.406 e. The van der Waals surface area contributed by atoms with Gasteiger partial charge in [-0.3, -0.25) is 4.79 Å². The van der Waals surface area contributed by atoms with Crippen molar-refractivity contribution in [3.05, 3.63) is 59.7 Å². The summed E-state index contributed by atoms with van der Waals surface area (Å²) in [5.41, 5.74) is 7.02. The first-order chi connectivity index (χ1) is 12.8. The minimum absolute atomic E-state index is 0.330. The largest absolute Gasteiger partial charge is 0.573 e. The summed E-state index contributed by atoms with van der Waals surface area (Å²) in [6.45, 7) is 0. The van der Waals surface area contributed by atoms with Crippen molar-refractivity contribution in [3.63, 3.8) is 0 Å². The highest BCUT2D eigenvalue weighted by Gasteiger charge is 2.31. The Labute approximate surface area is 155 Å². The lowest BCUT2D eigenvalue weighted by Crippen LogP contribution is -2.17. The zero-order chi connectivity index (χ0) is 19.4. The summed E-state index contributed by atoms with van der Waals surface area (Å²) >= 11 is 1.33. The van der Waals surface area contributed by atoms with E-state index in [-0.39, 0.29) is 5.75 Å². The van der Waals surface area contributed by atoms with Crippen molar-refractivity contribution >= 4 is 17.7 Å². The highest BCUT2D eigenvalue weighted by atomic mass is 32.2. The number of thioether (sulfide) groups is 1. The average Bonchev–Trinajstić information content (AvgIpc) is 3.08. The van der Waals surface area contributed by atoms with E-state index < -0.39 is 12.3 Å². The normalized spacial score (nSPS) is 11.4. The highest BCUT2D eigenvalue weighted by Crippen LogP contribution is 2.26. The first-order valence-electron chi connectivity index (χ1n) is 7.48. The average molecular weight is 395 g/mol. The Bertz CT molecular complexity index is 926. The van der Waals surface area contributed by atoms with Gasteiger partial charge in [-0.25, -0.2) is 0 Å². The monoisotopic (exact) mass is 395 g/mol. The molecular formula is C16H12F3N5O2S. The number of halogens is 3. The Kier molecular flexibility index (Phi) is 5.31. The van der Waals surface area contributed by atoms with E-state index in [4.69, 9.17) is 5.73 Å². The van der Waals surface area contributed by atoms with E-state index in [2.05, 4.69) is 20.3 Å². The van der Waals surface area contributed by atoms with Gasteiger partial charge in [0.05, 0.1) is 5.69 Å². The maximum atomic E-state index is 12.2. The van der Waals surface area contributed by atoms with Crippen LogP contribution < -0.4 is 10.5 Å². The van der Waals surface area contributed by atoms with Gasteiger partial charge in [0.2, 0.25) is 11.1 Å². The van der Waals surface area contributed by atoms with E-state index in [0.717, 1.165) is 5.56 Å². The van der Waals surface area contributed by atoms with E-state index in [9.17, 15) is 18.0 Å². The predicted molar refractivity (Wildman–Crippen MR) is 90.4 cm³/mol. The molecule has 7 nitrogen and oxygen atoms in total. The topological polar surface area (TPSA) is 95.9 Å². The number of alkyl halides is 3. The molecule has 1 aromatic heterocycles. The first kappa shape index (κ1) is 18.7. The van der Waals surface area contributed by atoms with E-state index in [1.54, 1.807) is 24.3 Å². The zero-order valence-corrected chi connectivity index (χ0v) is 14.4. The molecule has 3 rings (SSSR count). The van der Waals surface area contributed by atoms with Crippen molar-refractivity contribution in [3.8, 4) is 11.4 Å². The lowest BCUT2D eigenvalue weighted by Gasteiger charge is -2.09. The second kappa shape index (κ2) is 7.66. The van der Waals surface area contributed by atoms with Gasteiger partial charge in [-0.2, -0.15) is 4.68 Å². The number of carbonyl (C=O) groups excluding carboxylic acids is 1. The number of hydrogen-bond acceptors (Lipinski definition) is 6. The molecule has 27 heavy (non-hydrogen) atoms. The molecule has 0 spiro atoms. The van der Waals surface area contributed by atoms with E-state index in [0.29, 0.717) is 22.2 Å². The zero-order valence-electron chi connectivity index (χ0n) is 13.6. The number of carbonyl (C=O) groups is 1. The molecule has 0 saturated carbocycles. The fraction of sp³-hybridized carbons (Fsp3) is 0.125. The number of hydrogen-bond donors (Lipinski definition) is 1. The fourth-order valence-corrected chi connectivity index (χ4v) is 2.98. The number of benzene rings is 2. The van der Waals surface area contributed by atoms with Crippen LogP contribution in [-0.2, 0) is 5.75 Å². The van der Waals surface area contributed by atoms with Gasteiger partial charge in [0.25, 0.3) is 0 Å². The molecule has 2 aromatic carbocycles. The van der Waals surface area contributed by atoms with Gasteiger partial charge in [-0.05, 0) is 52.4 Å². The second-order valence-electron chi connectivity index (χ2n) is 5.26. The van der Waals surface area contributed by atoms with Crippen LogP contribution in [0.5, 0.6) is 5.75 Å². The van der Waals surface area contributed by atoms with Crippen molar-refractivity contribution < 1.29 is 22.7 Å². The third-order valence-electron chi connectivity index (χ3n) is 3.36. The molecule has 11 heteroatoms. The van der Waals surface area contributed by atoms with Crippen LogP contribution in [-0.4, -0.2) is 32.5 Å². The lowest BCUT2D eigenvalue weighted by atomic mass is 10.1. The molecule has 3 aromatic rings. The van der Waals surface area contributed by atoms with Gasteiger partial charge >= 0.3 is 6.36 Å². The summed E-state index contributed by atoms with van der Waals surface area (Å²) < 4.78 is 41.9. The maximum Gasteiger partial charge on any atom is 0.573 e. The lowest BCUT2D eigenvalue weighted by molar-refractivity contribution is -0.274. The molecule has 0 saturated heterocycles. The van der Waals surface area contributed by atoms with Crippen LogP contribution in [0.1, 0.15) is 15.9 Å². The van der Waals surface area contributed by atoms with Gasteiger partial charge in [0, 0.05) is 11.3 Å². The Morgan fingerprint density at radius 3 is 2.37 bits per heavy atom. The summed E-state index contributed by atoms with van der Waals surface area (Å²) in [6, 6.07) is 12.0. The van der Waals surface area contributed by atoms with E-state index in [1.807, 2.05) is 0 Å². The SMILES string of the molecule is NC(=O)c1ccc(CSc2nnnn2-c2ccc(OC(F)(F)F)cc2)cc1. The number of ether oxygens (including phenoxy) is 1. The summed E-state index contributed by atoms with van der Waals surface area (Å²) in [5, 5.41) is 11.8. The van der Waals surface area contributed by atoms with Gasteiger partial charge in [-0.1, -0.05) is 23.9 Å². The van der Waals surface area contributed by atoms with Gasteiger partial charge in [0.1, 0.15) is 5.75 Å². The van der Waals surface area contributed by atoms with E-state index in [1.165, 1.54) is 40.7 Å². The van der Waals surface area contributed by atoms with Crippen LogP contribution >= 0.6 is 11.8 Å². The van der Waals surface area contributed by atoms with Crippen LogP contribution in [0, 0.1) is 0 Å². The van der Waals surface area contributed by atoms with Gasteiger partial charge in [-0.15, -0.1) is 18.3 Å². The summed E-state index contributed by atoms with van der Waals surface area (Å²) in [7, 11) is 0. The van der Waals surface area contributed by atoms with Crippen LogP contribution in [0.2, 0.25) is 0 Å². The number of amides is 1. The fourth-order valence-electron chi connectivity index (χ4n) is 2.13. The number of nitrogens with two attached hydrogens (primary N) is 1. The molecule has 0 aliphatic heterocycles. The Balaban J connectivity index is 1.69. The molecule has 0 bridgehead atoms. The number of tetrazole rings is 1. The Morgan fingerprint density at radius 2 is 1.78 bits per heavy atom. The van der Waals surface area contributed by atoms with Crippen molar-refractivity contribution in [1.29, 1.82) is 0 Å². The van der Waals surface area contributed by atoms with E-state index >= 15 is 0 Å². The molecule has 0 atom stereocenters. The maximum absolute atomic E-state index is 12.2. The predicted octanol–water partition coefficient (Wildman–Crippen LogP) is 2.95. The molecule has 1 heterocycles. The highest BCUT2D eigenvalue weighted by molar-refractivity contribution is 7.98. The summed E-state index contributed by atoms with van der Waals surface area (Å²) in [5.74, 6) is -0.312. The van der Waals surface area contributed by atoms with Gasteiger partial charge in [0.15, 0.2) is 0 Å². The van der Waals surface area contributed by atoms with Crippen LogP contribution in [0.4, 0.5) is 13.2 Å². The molecule has 1 amide bonds. The molecule has 0 unspecified atom stereocenters. The smallest absolute Gasteiger partial charge is 0.406 e. The standard InChI is InChI=1S/C16H12F3N5O2S/c17-16(18,19)26-13-7-5-12(6-8-13)24-15(21-22-23-24)27-9-10-1-3-11(4-2-10)14(20)25/h1-8H,9H2,(H2,20,25). The first-order valence-corrected chi connectivity index (χ1v) is 8.46. The van der Waals surface area contributed by atoms with Crippen molar-refractivity contribution in [1.82, 2.24) is 20.2 Å². The van der Waals surface area contributed by atoms with Crippen molar-refractivity contribution in [2.24, 2.45) is 5.73 Å². The molecule has 140 valence electrons. The van der Waals surface area contributed by atoms with Crippen molar-refractivity contribution in [2.45, 2.75) is 17.3 Å². The van der Waals surface area contributed by atoms with Crippen LogP contribution in [0.3, 0.4) is 0 Å². The van der Waals surface area contributed by atoms with Crippen LogP contribution in [0.25, 0.3) is 5.69 Å². The molecular weight excluding hydrogens is 383 g/mol. The van der Waals surface area contributed by atoms with Gasteiger partial charge < -0.3 is 10.5 Å². The quantitative estimate of drug-likeness (QED) is 0.645. The third-order valence-corrected chi connectivity index (χ3v) is 4.35. The molecule has 0 aliphatic rings. The number of primary amides is 1. The molecule has 2 N–H and O–H groups in total. The molecule has 0 fully saturated rings. The number of nitrogens with zero attached hydrogens (tertiary/aromatic N) is 4. The summed E-state index contributed by atoms with van der Waals surface area (Å²) in [4.78, 5) is 11.1.